The van der Waals surface area contributed by atoms with E-state index in [4.69, 9.17) is 10.9 Å². The van der Waals surface area contributed by atoms with Crippen LogP contribution in [0, 0.1) is 11.8 Å². The van der Waals surface area contributed by atoms with Crippen LogP contribution in [0.15, 0.2) is 54.6 Å². The third kappa shape index (κ3) is 6.19. The van der Waals surface area contributed by atoms with E-state index in [1.807, 2.05) is 30.3 Å². The zero-order valence-electron chi connectivity index (χ0n) is 14.1. The Kier molecular flexibility index (Phi) is 6.93. The smallest absolute Gasteiger partial charge is 0.404 e. The largest absolute Gasteiger partial charge is 0.447 e. The average Bonchev–Trinajstić information content (AvgIpc) is 2.69. The molecule has 0 aliphatic heterocycles. The van der Waals surface area contributed by atoms with E-state index in [0.29, 0.717) is 5.56 Å². The van der Waals surface area contributed by atoms with Gasteiger partial charge in [-0.25, -0.2) is 10.3 Å². The molecule has 8 nitrogen and oxygen atoms in total. The molecule has 0 radical (unpaired) electrons. The minimum absolute atomic E-state index is 0.259. The first-order chi connectivity index (χ1) is 13.0. The van der Waals surface area contributed by atoms with E-state index in [9.17, 15) is 14.4 Å². The molecule has 138 valence electrons. The molecule has 2 rings (SSSR count). The van der Waals surface area contributed by atoms with Crippen LogP contribution in [0.1, 0.15) is 21.5 Å². The van der Waals surface area contributed by atoms with E-state index in [1.54, 1.807) is 12.1 Å². The van der Waals surface area contributed by atoms with Crippen LogP contribution in [0.25, 0.3) is 0 Å². The van der Waals surface area contributed by atoms with Gasteiger partial charge in [0.15, 0.2) is 0 Å². The summed E-state index contributed by atoms with van der Waals surface area (Å²) < 4.78 is 4.49. The molecule has 0 unspecified atom stereocenters. The van der Waals surface area contributed by atoms with E-state index in [0.717, 1.165) is 5.56 Å². The number of nitrogens with two attached hydrogens (primary N) is 1. The molecule has 0 aromatic heterocycles. The molecule has 5 N–H and O–H groups in total. The van der Waals surface area contributed by atoms with Gasteiger partial charge in [-0.05, 0) is 36.4 Å². The SMILES string of the molecule is NC(=O)OC[C@H](NC(=O)c1ccc(C#Cc2ccccc2)cc1)C(=O)NO. The average molecular weight is 367 g/mol. The highest BCUT2D eigenvalue weighted by atomic mass is 16.5. The minimum Gasteiger partial charge on any atom is -0.447 e. The van der Waals surface area contributed by atoms with Gasteiger partial charge in [-0.1, -0.05) is 30.0 Å². The first kappa shape index (κ1) is 19.5. The molecule has 0 spiro atoms. The van der Waals surface area contributed by atoms with Gasteiger partial charge in [0.25, 0.3) is 11.8 Å². The molecule has 3 amide bonds. The maximum atomic E-state index is 12.2. The number of carbonyl (C=O) groups excluding carboxylic acids is 3. The number of carbonyl (C=O) groups is 3. The Hall–Kier alpha value is -3.83. The summed E-state index contributed by atoms with van der Waals surface area (Å²) in [6, 6.07) is 14.5. The monoisotopic (exact) mass is 367 g/mol. The van der Waals surface area contributed by atoms with Crippen molar-refractivity contribution in [2.45, 2.75) is 6.04 Å². The lowest BCUT2D eigenvalue weighted by atomic mass is 10.1. The number of hydrogen-bond acceptors (Lipinski definition) is 5. The molecule has 0 aliphatic rings. The number of hydrogen-bond donors (Lipinski definition) is 4. The quantitative estimate of drug-likeness (QED) is 0.352. The molecule has 0 heterocycles. The Morgan fingerprint density at radius 2 is 1.59 bits per heavy atom. The summed E-state index contributed by atoms with van der Waals surface area (Å²) in [6.07, 6.45) is -1.11. The molecule has 0 fully saturated rings. The van der Waals surface area contributed by atoms with Gasteiger partial charge < -0.3 is 15.8 Å². The van der Waals surface area contributed by atoms with Crippen molar-refractivity contribution in [2.24, 2.45) is 5.73 Å². The maximum absolute atomic E-state index is 12.2. The van der Waals surface area contributed by atoms with E-state index < -0.39 is 30.6 Å². The fourth-order valence-electron chi connectivity index (χ4n) is 2.04. The number of amides is 3. The van der Waals surface area contributed by atoms with Crippen LogP contribution in [0.5, 0.6) is 0 Å². The Balaban J connectivity index is 2.04. The second kappa shape index (κ2) is 9.60. The van der Waals surface area contributed by atoms with Crippen molar-refractivity contribution in [3.05, 3.63) is 71.3 Å². The molecule has 0 saturated heterocycles. The molecule has 0 saturated carbocycles. The van der Waals surface area contributed by atoms with Gasteiger partial charge in [-0.3, -0.25) is 14.8 Å². The molecule has 0 aliphatic carbocycles. The van der Waals surface area contributed by atoms with E-state index in [1.165, 1.54) is 17.6 Å². The first-order valence-corrected chi connectivity index (χ1v) is 7.84. The standard InChI is InChI=1S/C19H17N3O5/c20-19(25)27-12-16(18(24)22-26)21-17(23)15-10-8-14(9-11-15)7-6-13-4-2-1-3-5-13/h1-5,8-11,16,26H,12H2,(H2,20,25)(H,21,23)(H,22,24)/t16-/m0/s1. The van der Waals surface area contributed by atoms with Crippen molar-refractivity contribution in [2.75, 3.05) is 6.61 Å². The van der Waals surface area contributed by atoms with Gasteiger partial charge in [0.05, 0.1) is 0 Å². The normalized spacial score (nSPS) is 10.7. The van der Waals surface area contributed by atoms with Crippen LogP contribution < -0.4 is 16.5 Å². The summed E-state index contributed by atoms with van der Waals surface area (Å²) in [7, 11) is 0. The zero-order chi connectivity index (χ0) is 19.6. The molecular weight excluding hydrogens is 350 g/mol. The lowest BCUT2D eigenvalue weighted by Gasteiger charge is -2.16. The summed E-state index contributed by atoms with van der Waals surface area (Å²) in [6.45, 7) is -0.520. The number of nitrogens with one attached hydrogen (secondary N) is 2. The van der Waals surface area contributed by atoms with Gasteiger partial charge in [0, 0.05) is 16.7 Å². The molecule has 2 aromatic rings. The number of ether oxygens (including phenoxy) is 1. The Labute approximate surface area is 155 Å². The molecule has 0 bridgehead atoms. The van der Waals surface area contributed by atoms with Crippen molar-refractivity contribution in [3.8, 4) is 11.8 Å². The van der Waals surface area contributed by atoms with Crippen molar-refractivity contribution in [1.82, 2.24) is 10.8 Å². The highest BCUT2D eigenvalue weighted by Crippen LogP contribution is 2.05. The second-order valence-corrected chi connectivity index (χ2v) is 5.33. The van der Waals surface area contributed by atoms with Crippen LogP contribution in [-0.4, -0.2) is 35.8 Å². The summed E-state index contributed by atoms with van der Waals surface area (Å²) in [5.41, 5.74) is 8.05. The van der Waals surface area contributed by atoms with Gasteiger partial charge in [-0.2, -0.15) is 0 Å². The number of primary amides is 1. The lowest BCUT2D eigenvalue weighted by Crippen LogP contribution is -2.49. The Morgan fingerprint density at radius 3 is 2.15 bits per heavy atom. The summed E-state index contributed by atoms with van der Waals surface area (Å²) in [5, 5.41) is 11.0. The minimum atomic E-state index is -1.30. The zero-order valence-corrected chi connectivity index (χ0v) is 14.1. The fraction of sp³-hybridized carbons (Fsp3) is 0.105. The third-order valence-corrected chi connectivity index (χ3v) is 3.40. The molecule has 2 aromatic carbocycles. The van der Waals surface area contributed by atoms with Crippen LogP contribution in [0.2, 0.25) is 0 Å². The highest BCUT2D eigenvalue weighted by molar-refractivity contribution is 5.97. The summed E-state index contributed by atoms with van der Waals surface area (Å²) in [4.78, 5) is 34.4. The van der Waals surface area contributed by atoms with E-state index in [2.05, 4.69) is 21.9 Å². The van der Waals surface area contributed by atoms with Gasteiger partial charge in [-0.15, -0.1) is 0 Å². The maximum Gasteiger partial charge on any atom is 0.404 e. The van der Waals surface area contributed by atoms with E-state index in [-0.39, 0.29) is 5.56 Å². The van der Waals surface area contributed by atoms with Gasteiger partial charge in [0.1, 0.15) is 12.6 Å². The summed E-state index contributed by atoms with van der Waals surface area (Å²) >= 11 is 0. The lowest BCUT2D eigenvalue weighted by molar-refractivity contribution is -0.132. The Morgan fingerprint density at radius 1 is 1.00 bits per heavy atom. The molecular formula is C19H17N3O5. The predicted octanol–water partition coefficient (Wildman–Crippen LogP) is 0.785. The van der Waals surface area contributed by atoms with Gasteiger partial charge in [0.2, 0.25) is 0 Å². The van der Waals surface area contributed by atoms with Crippen molar-refractivity contribution in [1.29, 1.82) is 0 Å². The first-order valence-electron chi connectivity index (χ1n) is 7.84. The number of benzene rings is 2. The third-order valence-electron chi connectivity index (χ3n) is 3.40. The number of rotatable bonds is 5. The van der Waals surface area contributed by atoms with Crippen LogP contribution in [0.3, 0.4) is 0 Å². The summed E-state index contributed by atoms with van der Waals surface area (Å²) in [5.74, 6) is 4.43. The van der Waals surface area contributed by atoms with Crippen LogP contribution in [0.4, 0.5) is 4.79 Å². The van der Waals surface area contributed by atoms with Crippen LogP contribution in [-0.2, 0) is 9.53 Å². The Bertz CT molecular complexity index is 870. The van der Waals surface area contributed by atoms with Crippen LogP contribution >= 0.6 is 0 Å². The van der Waals surface area contributed by atoms with E-state index >= 15 is 0 Å². The topological polar surface area (TPSA) is 131 Å². The fourth-order valence-corrected chi connectivity index (χ4v) is 2.04. The van der Waals surface area contributed by atoms with Gasteiger partial charge >= 0.3 is 6.09 Å². The van der Waals surface area contributed by atoms with Crippen molar-refractivity contribution < 1.29 is 24.3 Å². The van der Waals surface area contributed by atoms with Crippen molar-refractivity contribution in [3.63, 3.8) is 0 Å². The molecule has 27 heavy (non-hydrogen) atoms. The molecule has 8 heteroatoms. The predicted molar refractivity (Wildman–Crippen MR) is 95.6 cm³/mol. The highest BCUT2D eigenvalue weighted by Gasteiger charge is 2.22. The number of hydroxylamine groups is 1. The second-order valence-electron chi connectivity index (χ2n) is 5.33. The van der Waals surface area contributed by atoms with Crippen molar-refractivity contribution >= 4 is 17.9 Å². The molecule has 1 atom stereocenters.